The number of likely N-dealkylation sites (tertiary alicyclic amines) is 1. The maximum atomic E-state index is 13.4. The van der Waals surface area contributed by atoms with Gasteiger partial charge in [0, 0.05) is 32.8 Å². The first-order valence-corrected chi connectivity index (χ1v) is 10.3. The molecule has 0 unspecified atom stereocenters. The Morgan fingerprint density at radius 3 is 2.93 bits per heavy atom. The van der Waals surface area contributed by atoms with Crippen LogP contribution in [0.4, 0.5) is 0 Å². The second kappa shape index (κ2) is 7.53. The van der Waals surface area contributed by atoms with Crippen LogP contribution in [0.25, 0.3) is 0 Å². The normalized spacial score (nSPS) is 35.8. The minimum atomic E-state index is -0.615. The third-order valence-electron chi connectivity index (χ3n) is 6.52. The van der Waals surface area contributed by atoms with E-state index in [1.54, 1.807) is 0 Å². The molecule has 0 aromatic heterocycles. The second-order valence-electron chi connectivity index (χ2n) is 7.97. The Morgan fingerprint density at radius 1 is 1.30 bits per heavy atom. The molecule has 2 bridgehead atoms. The van der Waals surface area contributed by atoms with Gasteiger partial charge >= 0.3 is 0 Å². The average molecular weight is 377 g/mol. The fraction of sp³-hybridized carbons (Fsp3) is 0.800. The molecule has 4 atom stereocenters. The maximum Gasteiger partial charge on any atom is 0.230 e. The summed E-state index contributed by atoms with van der Waals surface area (Å²) in [6.45, 7) is 10.8. The Balaban J connectivity index is 1.48. The molecule has 3 saturated heterocycles. The van der Waals surface area contributed by atoms with Crippen LogP contribution in [0.1, 0.15) is 20.3 Å². The average Bonchev–Trinajstić information content (AvgIpc) is 3.22. The van der Waals surface area contributed by atoms with Crippen LogP contribution in [0.15, 0.2) is 12.2 Å². The van der Waals surface area contributed by atoms with Gasteiger partial charge < -0.3 is 24.2 Å². The van der Waals surface area contributed by atoms with Crippen molar-refractivity contribution in [3.63, 3.8) is 0 Å². The molecule has 0 N–H and O–H groups in total. The first kappa shape index (κ1) is 18.9. The van der Waals surface area contributed by atoms with Gasteiger partial charge in [-0.2, -0.15) is 0 Å². The smallest absolute Gasteiger partial charge is 0.230 e. The molecule has 4 aliphatic heterocycles. The first-order valence-electron chi connectivity index (χ1n) is 10.3. The van der Waals surface area contributed by atoms with Crippen molar-refractivity contribution in [3.8, 4) is 0 Å². The summed E-state index contributed by atoms with van der Waals surface area (Å²) in [5, 5.41) is 0. The molecule has 150 valence electrons. The predicted molar refractivity (Wildman–Crippen MR) is 100 cm³/mol. The molecule has 7 nitrogen and oxygen atoms in total. The number of hydrogen-bond acceptors (Lipinski definition) is 5. The number of fused-ring (bicyclic) bond motifs is 1. The number of carbonyl (C=O) groups excluding carboxylic acids is 2. The van der Waals surface area contributed by atoms with Crippen molar-refractivity contribution in [1.82, 2.24) is 14.7 Å². The molecule has 4 aliphatic rings. The molecule has 27 heavy (non-hydrogen) atoms. The Labute approximate surface area is 161 Å². The van der Waals surface area contributed by atoms with E-state index < -0.39 is 5.60 Å². The summed E-state index contributed by atoms with van der Waals surface area (Å²) in [7, 11) is 0. The van der Waals surface area contributed by atoms with E-state index in [2.05, 4.69) is 11.8 Å². The number of carbonyl (C=O) groups is 2. The standard InChI is InChI=1S/C20H31N3O4/c1-3-21-8-5-9-22(11-10-21)18(24)16-15-6-7-20(27-15)14-23(12-13-26-4-2)19(25)17(16)20/h6-7,15-17H,3-5,8-14H2,1-2H3/t15-,16+,17+,20-/m0/s1. The summed E-state index contributed by atoms with van der Waals surface area (Å²) in [5.74, 6) is -0.626. The number of hydrogen-bond donors (Lipinski definition) is 0. The zero-order valence-electron chi connectivity index (χ0n) is 16.4. The topological polar surface area (TPSA) is 62.3 Å². The van der Waals surface area contributed by atoms with Crippen molar-refractivity contribution in [2.24, 2.45) is 11.8 Å². The zero-order valence-corrected chi connectivity index (χ0v) is 16.4. The Hall–Kier alpha value is -1.44. The molecule has 4 rings (SSSR count). The number of nitrogens with zero attached hydrogens (tertiary/aromatic N) is 3. The monoisotopic (exact) mass is 377 g/mol. The lowest BCUT2D eigenvalue weighted by Crippen LogP contribution is -2.47. The molecule has 0 saturated carbocycles. The van der Waals surface area contributed by atoms with Gasteiger partial charge in [-0.3, -0.25) is 9.59 Å². The van der Waals surface area contributed by atoms with E-state index in [4.69, 9.17) is 9.47 Å². The zero-order chi connectivity index (χ0) is 19.0. The Kier molecular flexibility index (Phi) is 5.27. The van der Waals surface area contributed by atoms with E-state index in [9.17, 15) is 9.59 Å². The molecule has 0 aliphatic carbocycles. The van der Waals surface area contributed by atoms with E-state index in [0.29, 0.717) is 26.3 Å². The molecule has 4 heterocycles. The SMILES string of the molecule is CCOCCN1C[C@]23C=C[C@H](O2)[C@@H](C(=O)N2CCCN(CC)CC2)[C@@H]3C1=O. The molecule has 0 radical (unpaired) electrons. The van der Waals surface area contributed by atoms with Gasteiger partial charge in [0.15, 0.2) is 0 Å². The van der Waals surface area contributed by atoms with Crippen LogP contribution in [0.2, 0.25) is 0 Å². The molecule has 3 fully saturated rings. The molecule has 0 aromatic carbocycles. The number of likely N-dealkylation sites (N-methyl/N-ethyl adjacent to an activating group) is 1. The second-order valence-corrected chi connectivity index (χ2v) is 7.97. The summed E-state index contributed by atoms with van der Waals surface area (Å²) >= 11 is 0. The van der Waals surface area contributed by atoms with E-state index in [-0.39, 0.29) is 29.8 Å². The van der Waals surface area contributed by atoms with Gasteiger partial charge in [0.2, 0.25) is 11.8 Å². The summed E-state index contributed by atoms with van der Waals surface area (Å²) in [4.78, 5) is 32.6. The quantitative estimate of drug-likeness (QED) is 0.494. The van der Waals surface area contributed by atoms with E-state index in [1.807, 2.05) is 28.9 Å². The van der Waals surface area contributed by atoms with Gasteiger partial charge in [-0.1, -0.05) is 19.1 Å². The van der Waals surface area contributed by atoms with Gasteiger partial charge in [0.05, 0.1) is 31.1 Å². The van der Waals surface area contributed by atoms with Crippen LogP contribution in [0.5, 0.6) is 0 Å². The Morgan fingerprint density at radius 2 is 2.15 bits per heavy atom. The van der Waals surface area contributed by atoms with Gasteiger partial charge in [-0.25, -0.2) is 0 Å². The highest BCUT2D eigenvalue weighted by Gasteiger charge is 2.67. The molecule has 7 heteroatoms. The molecular formula is C20H31N3O4. The van der Waals surface area contributed by atoms with Crippen molar-refractivity contribution in [1.29, 1.82) is 0 Å². The predicted octanol–water partition coefficient (Wildman–Crippen LogP) is 0.359. The van der Waals surface area contributed by atoms with Crippen molar-refractivity contribution < 1.29 is 19.1 Å². The highest BCUT2D eigenvalue weighted by atomic mass is 16.5. The number of amides is 2. The highest BCUT2D eigenvalue weighted by molar-refractivity contribution is 5.93. The van der Waals surface area contributed by atoms with Crippen LogP contribution in [-0.4, -0.2) is 97.2 Å². The van der Waals surface area contributed by atoms with Gasteiger partial charge in [0.25, 0.3) is 0 Å². The van der Waals surface area contributed by atoms with Crippen molar-refractivity contribution >= 4 is 11.8 Å². The maximum absolute atomic E-state index is 13.4. The highest BCUT2D eigenvalue weighted by Crippen LogP contribution is 2.52. The van der Waals surface area contributed by atoms with Gasteiger partial charge in [-0.15, -0.1) is 0 Å². The lowest BCUT2D eigenvalue weighted by Gasteiger charge is -2.29. The van der Waals surface area contributed by atoms with Crippen molar-refractivity contribution in [3.05, 3.63) is 12.2 Å². The fourth-order valence-electron chi connectivity index (χ4n) is 5.09. The summed E-state index contributed by atoms with van der Waals surface area (Å²) in [6, 6.07) is 0. The van der Waals surface area contributed by atoms with Crippen molar-refractivity contribution in [2.45, 2.75) is 32.0 Å². The first-order chi connectivity index (χ1) is 13.1. The van der Waals surface area contributed by atoms with Crippen LogP contribution < -0.4 is 0 Å². The summed E-state index contributed by atoms with van der Waals surface area (Å²) in [6.07, 6.45) is 4.74. The fourth-order valence-corrected chi connectivity index (χ4v) is 5.09. The third-order valence-corrected chi connectivity index (χ3v) is 6.52. The number of ether oxygens (including phenoxy) is 2. The largest absolute Gasteiger partial charge is 0.380 e. The van der Waals surface area contributed by atoms with E-state index in [0.717, 1.165) is 39.1 Å². The van der Waals surface area contributed by atoms with Crippen LogP contribution in [0, 0.1) is 11.8 Å². The Bertz CT molecular complexity index is 624. The van der Waals surface area contributed by atoms with Crippen LogP contribution in [-0.2, 0) is 19.1 Å². The van der Waals surface area contributed by atoms with Gasteiger partial charge in [0.1, 0.15) is 5.60 Å². The molecule has 0 aromatic rings. The summed E-state index contributed by atoms with van der Waals surface area (Å²) in [5.41, 5.74) is -0.615. The minimum Gasteiger partial charge on any atom is -0.380 e. The lowest BCUT2D eigenvalue weighted by atomic mass is 9.76. The van der Waals surface area contributed by atoms with Crippen LogP contribution >= 0.6 is 0 Å². The number of rotatable bonds is 6. The van der Waals surface area contributed by atoms with Gasteiger partial charge in [-0.05, 0) is 26.4 Å². The third kappa shape index (κ3) is 3.19. The van der Waals surface area contributed by atoms with E-state index in [1.165, 1.54) is 0 Å². The van der Waals surface area contributed by atoms with Crippen LogP contribution in [0.3, 0.4) is 0 Å². The molecular weight excluding hydrogens is 346 g/mol. The molecule has 2 amide bonds. The molecule has 1 spiro atoms. The summed E-state index contributed by atoms with van der Waals surface area (Å²) < 4.78 is 11.6. The lowest BCUT2D eigenvalue weighted by molar-refractivity contribution is -0.143. The van der Waals surface area contributed by atoms with Crippen molar-refractivity contribution in [2.75, 3.05) is 59.0 Å². The van der Waals surface area contributed by atoms with E-state index >= 15 is 0 Å². The minimum absolute atomic E-state index is 0.0462.